The molecule has 0 amide bonds. The molecule has 22 aromatic carbocycles. The third-order valence-electron chi connectivity index (χ3n) is 32.4. The molecule has 2 spiro atoms. The van der Waals surface area contributed by atoms with Gasteiger partial charge >= 0.3 is 0 Å². The van der Waals surface area contributed by atoms with Crippen molar-refractivity contribution in [2.75, 3.05) is 9.80 Å². The summed E-state index contributed by atoms with van der Waals surface area (Å²) in [5.41, 5.74) is 45.5. The predicted molar refractivity (Wildman–Crippen MR) is 582 cm³/mol. The number of anilines is 6. The zero-order chi connectivity index (χ0) is 93.2. The molecule has 0 saturated carbocycles. The molecule has 0 radical (unpaired) electrons. The average molecular weight is 1780 g/mol. The van der Waals surface area contributed by atoms with Gasteiger partial charge in [-0.15, -0.1) is 0 Å². The van der Waals surface area contributed by atoms with Gasteiger partial charge in [-0.05, 0) is 278 Å². The minimum absolute atomic E-state index is 0.156. The molecule has 0 unspecified atom stereocenters. The zero-order valence-electron chi connectivity index (χ0n) is 78.5. The topological polar surface area (TPSA) is 6.48 Å². The van der Waals surface area contributed by atoms with Gasteiger partial charge in [-0.1, -0.05) is 471 Å². The van der Waals surface area contributed by atoms with Crippen LogP contribution in [0.15, 0.2) is 522 Å². The van der Waals surface area contributed by atoms with E-state index in [1.165, 1.54) is 200 Å². The minimum atomic E-state index is -0.617. The fourth-order valence-electron chi connectivity index (χ4n) is 26.4. The monoisotopic (exact) mass is 1780 g/mol. The van der Waals surface area contributed by atoms with Crippen molar-refractivity contribution in [1.82, 2.24) is 0 Å². The summed E-state index contributed by atoms with van der Waals surface area (Å²) in [6.07, 6.45) is 0. The number of hydrogen-bond acceptors (Lipinski definition) is 2. The van der Waals surface area contributed by atoms with Crippen LogP contribution in [0.3, 0.4) is 0 Å². The molecule has 0 heterocycles. The van der Waals surface area contributed by atoms with Crippen molar-refractivity contribution in [2.24, 2.45) is 0 Å². The largest absolute Gasteiger partial charge is 0.310 e. The van der Waals surface area contributed by atoms with E-state index >= 15 is 0 Å². The van der Waals surface area contributed by atoms with Crippen LogP contribution in [0.1, 0.15) is 139 Å². The Morgan fingerprint density at radius 3 is 0.764 bits per heavy atom. The van der Waals surface area contributed by atoms with Crippen molar-refractivity contribution in [3.63, 3.8) is 0 Å². The molecule has 2 nitrogen and oxygen atoms in total. The van der Waals surface area contributed by atoms with E-state index in [0.29, 0.717) is 0 Å². The predicted octanol–water partition coefficient (Wildman–Crippen LogP) is 34.7. The Bertz CT molecular complexity index is 8550. The van der Waals surface area contributed by atoms with E-state index in [1.54, 1.807) is 0 Å². The summed E-state index contributed by atoms with van der Waals surface area (Å²) in [5, 5.41) is 5.00. The molecule has 0 saturated heterocycles. The summed E-state index contributed by atoms with van der Waals surface area (Å²) in [7, 11) is 0. The summed E-state index contributed by atoms with van der Waals surface area (Å²) >= 11 is 0. The number of rotatable bonds is 12. The molecule has 0 aromatic heterocycles. The first-order chi connectivity index (χ1) is 69.0. The highest BCUT2D eigenvalue weighted by Crippen LogP contribution is 2.69. The normalized spacial score (nSPS) is 14.8. The van der Waals surface area contributed by atoms with E-state index < -0.39 is 21.7 Å². The Hall–Kier alpha value is -17.0. The summed E-state index contributed by atoms with van der Waals surface area (Å²) < 4.78 is 0. The summed E-state index contributed by atoms with van der Waals surface area (Å²) in [6.45, 7) is 9.51. The fourth-order valence-corrected chi connectivity index (χ4v) is 26.4. The molecular weight excluding hydrogens is 1690 g/mol. The SMILES string of the molecule is CC1(C)c2ccccc2-c2ccc(N(c3ccc(-c4ccc5ccccc5c4)cc3)c3ccc4c(c3)C3(c5ccccc5-4)c4ccccc4C(c4ccccc4)(c4ccccc4)c4ccccc43)cc21.CC1(C)c2ccccc2-c2ccc(N(c3ccc(-c4cccc5ccccc45)cc3)c3ccc4c(c3)C3(c5ccccc5-4)c4ccccc4C(c4ccccc4)(c4ccccc4)c4ccccc43)cc21. The van der Waals surface area contributed by atoms with Crippen molar-refractivity contribution in [3.05, 3.63) is 633 Å². The van der Waals surface area contributed by atoms with Crippen molar-refractivity contribution < 1.29 is 0 Å². The van der Waals surface area contributed by atoms with Gasteiger partial charge in [0, 0.05) is 45.0 Å². The second-order valence-electron chi connectivity index (χ2n) is 39.9. The summed E-state index contributed by atoms with van der Waals surface area (Å²) in [4.78, 5) is 5.00. The molecule has 660 valence electrons. The Morgan fingerprint density at radius 1 is 0.136 bits per heavy atom. The molecule has 0 aliphatic heterocycles. The van der Waals surface area contributed by atoms with E-state index in [-0.39, 0.29) is 10.8 Å². The lowest BCUT2D eigenvalue weighted by Gasteiger charge is -2.50. The maximum Gasteiger partial charge on any atom is 0.0720 e. The summed E-state index contributed by atoms with van der Waals surface area (Å²) in [6, 6.07) is 196. The second kappa shape index (κ2) is 31.8. The molecule has 0 bridgehead atoms. The lowest BCUT2D eigenvalue weighted by molar-refractivity contribution is 0.623. The molecule has 140 heavy (non-hydrogen) atoms. The Kier molecular flexibility index (Phi) is 18.7. The van der Waals surface area contributed by atoms with Crippen molar-refractivity contribution >= 4 is 55.7 Å². The van der Waals surface area contributed by atoms with Crippen LogP contribution in [0.4, 0.5) is 34.1 Å². The van der Waals surface area contributed by atoms with E-state index in [0.717, 1.165) is 34.1 Å². The van der Waals surface area contributed by atoms with Gasteiger partial charge in [0.15, 0.2) is 0 Å². The third kappa shape index (κ3) is 11.8. The highest BCUT2D eigenvalue weighted by molar-refractivity contribution is 6.00. The molecule has 0 atom stereocenters. The highest BCUT2D eigenvalue weighted by Gasteiger charge is 2.59. The van der Waals surface area contributed by atoms with Gasteiger partial charge in [0.1, 0.15) is 0 Å². The molecule has 6 aliphatic carbocycles. The molecule has 0 N–H and O–H groups in total. The van der Waals surface area contributed by atoms with Crippen LogP contribution in [0, 0.1) is 0 Å². The maximum absolute atomic E-state index is 2.53. The lowest BCUT2D eigenvalue weighted by atomic mass is 9.51. The first-order valence-electron chi connectivity index (χ1n) is 49.3. The quantitative estimate of drug-likeness (QED) is 0.120. The number of nitrogens with zero attached hydrogens (tertiary/aromatic N) is 2. The molecule has 28 rings (SSSR count). The molecular formula is C138H98N2. The first-order valence-corrected chi connectivity index (χ1v) is 49.3. The average Bonchev–Trinajstić information content (AvgIpc) is 1.43. The van der Waals surface area contributed by atoms with Crippen LogP contribution in [0.2, 0.25) is 0 Å². The fraction of sp³-hybridized carbons (Fsp3) is 0.0725. The molecule has 6 aliphatic rings. The third-order valence-corrected chi connectivity index (χ3v) is 32.4. The zero-order valence-corrected chi connectivity index (χ0v) is 78.5. The Morgan fingerprint density at radius 2 is 0.386 bits per heavy atom. The van der Waals surface area contributed by atoms with Gasteiger partial charge in [-0.2, -0.15) is 0 Å². The minimum Gasteiger partial charge on any atom is -0.310 e. The van der Waals surface area contributed by atoms with Gasteiger partial charge in [0.25, 0.3) is 0 Å². The van der Waals surface area contributed by atoms with Gasteiger partial charge in [0.05, 0.1) is 21.7 Å². The molecule has 0 fully saturated rings. The number of fused-ring (bicyclic) bond motifs is 26. The van der Waals surface area contributed by atoms with Crippen LogP contribution in [-0.4, -0.2) is 0 Å². The molecule has 2 heteroatoms. The van der Waals surface area contributed by atoms with Crippen LogP contribution < -0.4 is 9.80 Å². The highest BCUT2D eigenvalue weighted by atomic mass is 15.1. The van der Waals surface area contributed by atoms with Gasteiger partial charge < -0.3 is 9.80 Å². The number of hydrogen-bond donors (Lipinski definition) is 0. The Balaban J connectivity index is 0.000000141. The first kappa shape index (κ1) is 82.4. The van der Waals surface area contributed by atoms with Crippen molar-refractivity contribution in [1.29, 1.82) is 0 Å². The van der Waals surface area contributed by atoms with Gasteiger partial charge in [-0.3, -0.25) is 0 Å². The lowest BCUT2D eigenvalue weighted by Crippen LogP contribution is -2.44. The van der Waals surface area contributed by atoms with E-state index in [9.17, 15) is 0 Å². The standard InChI is InChI=1S/2C69H49N/c1-67(2)59-30-13-11-27-55(59)57-42-40-51(44-65(57)67)70(50-38-36-47(37-39-50)54-29-19-21-46-20-9-10-26-53(46)54)52-41-43-58-56-28-12-14-31-60(56)69(66(58)45-52)63-34-17-15-32-61(63)68(48-22-5-3-6-23-48,49-24-7-4-8-25-49)62-33-16-18-35-64(62)69;1-67(2)59-27-13-11-25-55(59)57-41-39-53(44-65(57)67)70(52-37-35-47(36-38-52)49-34-33-46-19-9-10-20-48(46)43-49)54-40-42-58-56-26-12-14-28-60(56)69(66(58)45-54)63-31-17-15-29-61(63)68(50-21-5-3-6-22-50,51-23-7-4-8-24-51)62-30-16-18-32-64(62)69/h2*3-45H,1-2H3. The Labute approximate surface area is 819 Å². The van der Waals surface area contributed by atoms with E-state index in [1.807, 2.05) is 0 Å². The molecule has 22 aromatic rings. The van der Waals surface area contributed by atoms with Gasteiger partial charge in [-0.25, -0.2) is 0 Å². The van der Waals surface area contributed by atoms with Crippen LogP contribution in [-0.2, 0) is 32.5 Å². The second-order valence-corrected chi connectivity index (χ2v) is 39.9. The van der Waals surface area contributed by atoms with Crippen molar-refractivity contribution in [3.8, 4) is 66.8 Å². The van der Waals surface area contributed by atoms with E-state index in [4.69, 9.17) is 0 Å². The van der Waals surface area contributed by atoms with Crippen molar-refractivity contribution in [2.45, 2.75) is 60.2 Å². The maximum atomic E-state index is 2.53. The van der Waals surface area contributed by atoms with Crippen LogP contribution in [0.25, 0.3) is 88.3 Å². The van der Waals surface area contributed by atoms with Crippen LogP contribution in [0.5, 0.6) is 0 Å². The number of benzene rings is 22. The van der Waals surface area contributed by atoms with Crippen LogP contribution >= 0.6 is 0 Å². The summed E-state index contributed by atoms with van der Waals surface area (Å²) in [5.74, 6) is 0. The van der Waals surface area contributed by atoms with Gasteiger partial charge in [0.2, 0.25) is 0 Å². The van der Waals surface area contributed by atoms with E-state index in [2.05, 4.69) is 559 Å². The smallest absolute Gasteiger partial charge is 0.0720 e.